The number of carbonyl (C=O) groups excluding carboxylic acids is 2. The number of ketones is 2. The van der Waals surface area contributed by atoms with Crippen molar-refractivity contribution in [3.8, 4) is 16.9 Å². The molecule has 0 bridgehead atoms. The van der Waals surface area contributed by atoms with Crippen LogP contribution >= 0.6 is 0 Å². The van der Waals surface area contributed by atoms with Crippen LogP contribution in [-0.4, -0.2) is 23.1 Å². The highest BCUT2D eigenvalue weighted by Gasteiger charge is 2.18. The smallest absolute Gasteiger partial charge is 0.209 e. The van der Waals surface area contributed by atoms with Gasteiger partial charge < -0.3 is 9.14 Å². The van der Waals surface area contributed by atoms with Crippen LogP contribution in [0, 0.1) is 0 Å². The molecule has 0 unspecified atom stereocenters. The first kappa shape index (κ1) is 17.7. The minimum absolute atomic E-state index is 0.0312. The third kappa shape index (κ3) is 3.09. The van der Waals surface area contributed by atoms with E-state index in [1.54, 1.807) is 38.3 Å². The minimum atomic E-state index is -0.0598. The highest BCUT2D eigenvalue weighted by molar-refractivity contribution is 6.10. The lowest BCUT2D eigenvalue weighted by molar-refractivity contribution is 0.101. The van der Waals surface area contributed by atoms with E-state index in [1.807, 2.05) is 59.1 Å². The van der Waals surface area contributed by atoms with Gasteiger partial charge in [-0.1, -0.05) is 30.3 Å². The van der Waals surface area contributed by atoms with Crippen LogP contribution < -0.4 is 4.74 Å². The average molecular weight is 369 g/mol. The number of ether oxygens (including phenoxy) is 1. The molecule has 0 saturated carbocycles. The Bertz CT molecular complexity index is 1170. The fourth-order valence-corrected chi connectivity index (χ4v) is 3.33. The van der Waals surface area contributed by atoms with Gasteiger partial charge in [0.2, 0.25) is 5.78 Å². The maximum atomic E-state index is 13.1. The molecule has 0 saturated heterocycles. The van der Waals surface area contributed by atoms with E-state index in [0.717, 1.165) is 16.6 Å². The Morgan fingerprint density at radius 1 is 0.857 bits per heavy atom. The molecule has 2 aromatic heterocycles. The SMILES string of the molecule is COc1ccc(C(=O)c2cc(-c3ccc(C(C)=O)cc3)c3ccccn23)cc1. The molecule has 28 heavy (non-hydrogen) atoms. The van der Waals surface area contributed by atoms with Crippen LogP contribution in [0.5, 0.6) is 5.75 Å². The Balaban J connectivity index is 1.81. The fraction of sp³-hybridized carbons (Fsp3) is 0.0833. The van der Waals surface area contributed by atoms with Crippen molar-refractivity contribution in [1.29, 1.82) is 0 Å². The molecule has 2 heterocycles. The zero-order chi connectivity index (χ0) is 19.7. The fourth-order valence-electron chi connectivity index (χ4n) is 3.33. The van der Waals surface area contributed by atoms with Crippen LogP contribution in [0.3, 0.4) is 0 Å². The van der Waals surface area contributed by atoms with Gasteiger partial charge in [0.25, 0.3) is 0 Å². The second-order valence-electron chi connectivity index (χ2n) is 6.59. The summed E-state index contributed by atoms with van der Waals surface area (Å²) < 4.78 is 7.08. The Hall–Kier alpha value is -3.66. The molecule has 0 atom stereocenters. The summed E-state index contributed by atoms with van der Waals surface area (Å²) in [5.74, 6) is 0.682. The Morgan fingerprint density at radius 3 is 2.18 bits per heavy atom. The van der Waals surface area contributed by atoms with Gasteiger partial charge in [0.1, 0.15) is 5.75 Å². The van der Waals surface area contributed by atoms with Crippen LogP contribution in [-0.2, 0) is 0 Å². The standard InChI is InChI=1S/C24H19NO3/c1-16(26)17-6-8-18(9-7-17)21-15-23(25-14-4-3-5-22(21)25)24(27)19-10-12-20(28-2)13-11-19/h3-15H,1-2H3. The quantitative estimate of drug-likeness (QED) is 0.463. The Labute approximate surface area is 163 Å². The zero-order valence-electron chi connectivity index (χ0n) is 15.7. The molecule has 4 heteroatoms. The van der Waals surface area contributed by atoms with Gasteiger partial charge in [-0.25, -0.2) is 0 Å². The summed E-state index contributed by atoms with van der Waals surface area (Å²) in [4.78, 5) is 24.7. The number of aromatic nitrogens is 1. The molecule has 0 radical (unpaired) electrons. The number of hydrogen-bond donors (Lipinski definition) is 0. The first-order valence-corrected chi connectivity index (χ1v) is 8.98. The molecular weight excluding hydrogens is 350 g/mol. The lowest BCUT2D eigenvalue weighted by atomic mass is 10.0. The van der Waals surface area contributed by atoms with Gasteiger partial charge in [0.05, 0.1) is 18.3 Å². The summed E-state index contributed by atoms with van der Waals surface area (Å²) in [5.41, 5.74) is 4.71. The van der Waals surface area contributed by atoms with Crippen molar-refractivity contribution in [2.24, 2.45) is 0 Å². The molecule has 0 aliphatic carbocycles. The first-order chi connectivity index (χ1) is 13.6. The molecule has 2 aromatic carbocycles. The summed E-state index contributed by atoms with van der Waals surface area (Å²) in [7, 11) is 1.60. The summed E-state index contributed by atoms with van der Waals surface area (Å²) in [6.45, 7) is 1.55. The zero-order valence-corrected chi connectivity index (χ0v) is 15.7. The summed E-state index contributed by atoms with van der Waals surface area (Å²) >= 11 is 0. The van der Waals surface area contributed by atoms with Crippen molar-refractivity contribution in [3.05, 3.63) is 95.8 Å². The number of nitrogens with zero attached hydrogens (tertiary/aromatic N) is 1. The molecule has 0 spiro atoms. The van der Waals surface area contributed by atoms with E-state index < -0.39 is 0 Å². The summed E-state index contributed by atoms with van der Waals surface area (Å²) in [6, 6.07) is 22.3. The molecule has 0 aliphatic heterocycles. The number of benzene rings is 2. The third-order valence-corrected chi connectivity index (χ3v) is 4.86. The average Bonchev–Trinajstić information content (AvgIpc) is 3.13. The first-order valence-electron chi connectivity index (χ1n) is 8.98. The highest BCUT2D eigenvalue weighted by atomic mass is 16.5. The molecule has 0 aliphatic rings. The number of carbonyl (C=O) groups is 2. The monoisotopic (exact) mass is 369 g/mol. The summed E-state index contributed by atoms with van der Waals surface area (Å²) in [5, 5.41) is 0. The number of rotatable bonds is 5. The molecule has 0 N–H and O–H groups in total. The highest BCUT2D eigenvalue weighted by Crippen LogP contribution is 2.30. The normalized spacial score (nSPS) is 10.8. The minimum Gasteiger partial charge on any atom is -0.497 e. The van der Waals surface area contributed by atoms with Crippen molar-refractivity contribution in [3.63, 3.8) is 0 Å². The van der Waals surface area contributed by atoms with Gasteiger partial charge >= 0.3 is 0 Å². The van der Waals surface area contributed by atoms with Crippen LogP contribution in [0.4, 0.5) is 0 Å². The lowest BCUT2D eigenvalue weighted by Gasteiger charge is -2.04. The molecule has 0 fully saturated rings. The second kappa shape index (κ2) is 7.16. The van der Waals surface area contributed by atoms with E-state index in [9.17, 15) is 9.59 Å². The maximum absolute atomic E-state index is 13.1. The number of Topliss-reactive ketones (excluding diaryl/α,β-unsaturated/α-hetero) is 1. The van der Waals surface area contributed by atoms with E-state index in [-0.39, 0.29) is 11.6 Å². The second-order valence-corrected chi connectivity index (χ2v) is 6.59. The number of pyridine rings is 1. The van der Waals surface area contributed by atoms with E-state index in [4.69, 9.17) is 4.74 Å². The number of hydrogen-bond acceptors (Lipinski definition) is 3. The number of methoxy groups -OCH3 is 1. The van der Waals surface area contributed by atoms with Gasteiger partial charge in [0.15, 0.2) is 5.78 Å². The van der Waals surface area contributed by atoms with E-state index in [0.29, 0.717) is 22.6 Å². The van der Waals surface area contributed by atoms with E-state index >= 15 is 0 Å². The van der Waals surface area contributed by atoms with E-state index in [1.165, 1.54) is 0 Å². The molecular formula is C24H19NO3. The van der Waals surface area contributed by atoms with Gasteiger partial charge in [-0.15, -0.1) is 0 Å². The molecule has 4 nitrogen and oxygen atoms in total. The Morgan fingerprint density at radius 2 is 1.54 bits per heavy atom. The van der Waals surface area contributed by atoms with E-state index in [2.05, 4.69) is 0 Å². The maximum Gasteiger partial charge on any atom is 0.209 e. The Kier molecular flexibility index (Phi) is 4.53. The predicted octanol–water partition coefficient (Wildman–Crippen LogP) is 5.05. The van der Waals surface area contributed by atoms with Crippen molar-refractivity contribution >= 4 is 17.1 Å². The molecule has 4 aromatic rings. The molecule has 0 amide bonds. The van der Waals surface area contributed by atoms with Gasteiger partial charge in [-0.05, 0) is 55.0 Å². The van der Waals surface area contributed by atoms with Gasteiger partial charge in [-0.2, -0.15) is 0 Å². The molecule has 138 valence electrons. The largest absolute Gasteiger partial charge is 0.497 e. The molecule has 4 rings (SSSR count). The van der Waals surface area contributed by atoms with Crippen LogP contribution in [0.2, 0.25) is 0 Å². The van der Waals surface area contributed by atoms with Crippen molar-refractivity contribution < 1.29 is 14.3 Å². The van der Waals surface area contributed by atoms with Gasteiger partial charge in [-0.3, -0.25) is 9.59 Å². The van der Waals surface area contributed by atoms with Crippen molar-refractivity contribution in [2.45, 2.75) is 6.92 Å². The summed E-state index contributed by atoms with van der Waals surface area (Å²) in [6.07, 6.45) is 1.89. The van der Waals surface area contributed by atoms with Crippen LogP contribution in [0.1, 0.15) is 33.3 Å². The van der Waals surface area contributed by atoms with Crippen molar-refractivity contribution in [1.82, 2.24) is 4.40 Å². The van der Waals surface area contributed by atoms with Crippen molar-refractivity contribution in [2.75, 3.05) is 7.11 Å². The third-order valence-electron chi connectivity index (χ3n) is 4.86. The topological polar surface area (TPSA) is 47.8 Å². The lowest BCUT2D eigenvalue weighted by Crippen LogP contribution is -2.04. The van der Waals surface area contributed by atoms with Crippen LogP contribution in [0.15, 0.2) is 79.0 Å². The predicted molar refractivity (Wildman–Crippen MR) is 109 cm³/mol. The van der Waals surface area contributed by atoms with Gasteiger partial charge in [0, 0.05) is 22.9 Å². The number of fused-ring (bicyclic) bond motifs is 1. The van der Waals surface area contributed by atoms with Crippen LogP contribution in [0.25, 0.3) is 16.6 Å².